The minimum absolute atomic E-state index is 0.955. The van der Waals surface area contributed by atoms with Gasteiger partial charge in [0.15, 0.2) is 0 Å². The zero-order valence-electron chi connectivity index (χ0n) is 14.3. The van der Waals surface area contributed by atoms with E-state index >= 15 is 0 Å². The molecule has 0 spiro atoms. The average Bonchev–Trinajstić information content (AvgIpc) is 2.40. The van der Waals surface area contributed by atoms with E-state index in [1.807, 2.05) is 0 Å². The summed E-state index contributed by atoms with van der Waals surface area (Å²) < 4.78 is 0. The van der Waals surface area contributed by atoms with E-state index in [2.05, 4.69) is 27.7 Å². The van der Waals surface area contributed by atoms with Crippen LogP contribution >= 0.6 is 0 Å². The second-order valence-electron chi connectivity index (χ2n) is 6.69. The third-order valence-electron chi connectivity index (χ3n) is 4.45. The second-order valence-corrected chi connectivity index (χ2v) is 6.69. The van der Waals surface area contributed by atoms with Gasteiger partial charge in [-0.05, 0) is 18.3 Å². The van der Waals surface area contributed by atoms with Crippen molar-refractivity contribution in [3.63, 3.8) is 0 Å². The van der Waals surface area contributed by atoms with Crippen molar-refractivity contribution >= 4 is 0 Å². The van der Waals surface area contributed by atoms with Crippen molar-refractivity contribution < 1.29 is 0 Å². The summed E-state index contributed by atoms with van der Waals surface area (Å²) in [5, 5.41) is 0. The van der Waals surface area contributed by atoms with Crippen molar-refractivity contribution in [3.05, 3.63) is 0 Å². The molecule has 0 heteroatoms. The average molecular weight is 269 g/mol. The van der Waals surface area contributed by atoms with E-state index in [1.54, 1.807) is 0 Å². The highest BCUT2D eigenvalue weighted by molar-refractivity contribution is 4.64. The lowest BCUT2D eigenvalue weighted by Gasteiger charge is -2.20. The maximum atomic E-state index is 2.47. The molecule has 2 unspecified atom stereocenters. The lowest BCUT2D eigenvalue weighted by atomic mass is 9.86. The Balaban J connectivity index is 3.66. The number of hydrogen-bond donors (Lipinski definition) is 0. The van der Waals surface area contributed by atoms with Gasteiger partial charge < -0.3 is 0 Å². The van der Waals surface area contributed by atoms with Gasteiger partial charge in [-0.2, -0.15) is 0 Å². The van der Waals surface area contributed by atoms with Crippen molar-refractivity contribution in [3.8, 4) is 0 Å². The van der Waals surface area contributed by atoms with Gasteiger partial charge in [-0.3, -0.25) is 0 Å². The van der Waals surface area contributed by atoms with E-state index in [1.165, 1.54) is 83.5 Å². The first-order valence-corrected chi connectivity index (χ1v) is 9.24. The predicted octanol–water partition coefficient (Wildman–Crippen LogP) is 7.37. The molecule has 0 radical (unpaired) electrons. The van der Waals surface area contributed by atoms with Gasteiger partial charge in [-0.25, -0.2) is 0 Å². The molecule has 19 heavy (non-hydrogen) atoms. The van der Waals surface area contributed by atoms with Gasteiger partial charge in [0.2, 0.25) is 0 Å². The Bertz CT molecular complexity index is 161. The molecule has 0 heterocycles. The Hall–Kier alpha value is 0. The zero-order chi connectivity index (χ0) is 14.3. The van der Waals surface area contributed by atoms with Crippen LogP contribution in [-0.4, -0.2) is 0 Å². The molecule has 0 amide bonds. The lowest BCUT2D eigenvalue weighted by Crippen LogP contribution is -2.07. The Morgan fingerprint density at radius 2 is 1.21 bits per heavy atom. The molecule has 0 rings (SSSR count). The van der Waals surface area contributed by atoms with Crippen LogP contribution in [0.5, 0.6) is 0 Å². The van der Waals surface area contributed by atoms with E-state index in [0.717, 1.165) is 11.8 Å². The van der Waals surface area contributed by atoms with Gasteiger partial charge in [0.1, 0.15) is 0 Å². The third kappa shape index (κ3) is 12.8. The zero-order valence-corrected chi connectivity index (χ0v) is 14.3. The van der Waals surface area contributed by atoms with Crippen LogP contribution in [0.15, 0.2) is 0 Å². The number of unbranched alkanes of at least 4 members (excludes halogenated alkanes) is 6. The molecular weight excluding hydrogens is 228 g/mol. The summed E-state index contributed by atoms with van der Waals surface area (Å²) >= 11 is 0. The minimum atomic E-state index is 0.955. The summed E-state index contributed by atoms with van der Waals surface area (Å²) in [6.45, 7) is 9.44. The Morgan fingerprint density at radius 3 is 1.84 bits per heavy atom. The first kappa shape index (κ1) is 19.0. The van der Waals surface area contributed by atoms with Crippen LogP contribution in [0.1, 0.15) is 111 Å². The van der Waals surface area contributed by atoms with Crippen molar-refractivity contribution in [2.45, 2.75) is 111 Å². The van der Waals surface area contributed by atoms with Gasteiger partial charge in [-0.15, -0.1) is 0 Å². The van der Waals surface area contributed by atoms with Crippen LogP contribution in [0, 0.1) is 11.8 Å². The molecule has 0 aromatic rings. The van der Waals surface area contributed by atoms with Crippen molar-refractivity contribution in [2.75, 3.05) is 0 Å². The molecule has 0 saturated heterocycles. The Morgan fingerprint density at radius 1 is 0.579 bits per heavy atom. The van der Waals surface area contributed by atoms with Crippen molar-refractivity contribution in [1.29, 1.82) is 0 Å². The van der Waals surface area contributed by atoms with Crippen molar-refractivity contribution in [1.82, 2.24) is 0 Å². The van der Waals surface area contributed by atoms with Crippen LogP contribution in [0.3, 0.4) is 0 Å². The van der Waals surface area contributed by atoms with Crippen LogP contribution in [0.2, 0.25) is 0 Å². The normalized spacial score (nSPS) is 14.5. The Kier molecular flexibility index (Phi) is 14.4. The van der Waals surface area contributed by atoms with Crippen LogP contribution in [0.4, 0.5) is 0 Å². The van der Waals surface area contributed by atoms with Gasteiger partial charge in [0, 0.05) is 0 Å². The van der Waals surface area contributed by atoms with Crippen molar-refractivity contribution in [2.24, 2.45) is 11.8 Å². The van der Waals surface area contributed by atoms with Crippen LogP contribution in [-0.2, 0) is 0 Å². The fraction of sp³-hybridized carbons (Fsp3) is 1.00. The maximum absolute atomic E-state index is 2.47. The molecule has 0 N–H and O–H groups in total. The van der Waals surface area contributed by atoms with Gasteiger partial charge in [0.25, 0.3) is 0 Å². The van der Waals surface area contributed by atoms with E-state index in [-0.39, 0.29) is 0 Å². The third-order valence-corrected chi connectivity index (χ3v) is 4.45. The van der Waals surface area contributed by atoms with E-state index in [0.29, 0.717) is 0 Å². The molecule has 0 aromatic carbocycles. The summed E-state index contributed by atoms with van der Waals surface area (Å²) in [5.74, 6) is 1.97. The second kappa shape index (κ2) is 14.4. The van der Waals surface area contributed by atoms with E-state index in [9.17, 15) is 0 Å². The summed E-state index contributed by atoms with van der Waals surface area (Å²) in [6.07, 6.45) is 18.8. The molecule has 0 saturated carbocycles. The minimum Gasteiger partial charge on any atom is -0.0654 e. The Labute approximate surface area is 123 Å². The summed E-state index contributed by atoms with van der Waals surface area (Å²) in [5.41, 5.74) is 0. The van der Waals surface area contributed by atoms with Gasteiger partial charge >= 0.3 is 0 Å². The highest BCUT2D eigenvalue weighted by Crippen LogP contribution is 2.26. The topological polar surface area (TPSA) is 0 Å². The molecule has 2 atom stereocenters. The summed E-state index contributed by atoms with van der Waals surface area (Å²) in [7, 11) is 0. The molecule has 0 aliphatic rings. The molecule has 0 bridgehead atoms. The fourth-order valence-electron chi connectivity index (χ4n) is 3.24. The standard InChI is InChI=1S/C19H40/c1-5-8-10-11-12-13-16-19(14-7-3)17-18(4)15-9-6-2/h18-19H,5-17H2,1-4H3. The molecule has 116 valence electrons. The molecule has 0 aromatic heterocycles. The quantitative estimate of drug-likeness (QED) is 0.288. The SMILES string of the molecule is CCCCCCCCC(CCC)CC(C)CCCC. The van der Waals surface area contributed by atoms with Gasteiger partial charge in [0.05, 0.1) is 0 Å². The monoisotopic (exact) mass is 268 g/mol. The molecule has 0 aliphatic heterocycles. The highest BCUT2D eigenvalue weighted by atomic mass is 14.2. The van der Waals surface area contributed by atoms with Gasteiger partial charge in [-0.1, -0.05) is 105 Å². The predicted molar refractivity (Wildman–Crippen MR) is 89.7 cm³/mol. The largest absolute Gasteiger partial charge is 0.0654 e. The fourth-order valence-corrected chi connectivity index (χ4v) is 3.24. The summed E-state index contributed by atoms with van der Waals surface area (Å²) in [6, 6.07) is 0. The van der Waals surface area contributed by atoms with Crippen LogP contribution in [0.25, 0.3) is 0 Å². The van der Waals surface area contributed by atoms with E-state index in [4.69, 9.17) is 0 Å². The smallest absolute Gasteiger partial charge is 0.0412 e. The van der Waals surface area contributed by atoms with E-state index < -0.39 is 0 Å². The molecule has 0 nitrogen and oxygen atoms in total. The number of hydrogen-bond acceptors (Lipinski definition) is 0. The summed E-state index contributed by atoms with van der Waals surface area (Å²) in [4.78, 5) is 0. The maximum Gasteiger partial charge on any atom is -0.0412 e. The first-order chi connectivity index (χ1) is 9.24. The molecular formula is C19H40. The van der Waals surface area contributed by atoms with Crippen LogP contribution < -0.4 is 0 Å². The molecule has 0 aliphatic carbocycles. The number of rotatable bonds is 14. The first-order valence-electron chi connectivity index (χ1n) is 9.24. The molecule has 0 fully saturated rings. The lowest BCUT2D eigenvalue weighted by molar-refractivity contribution is 0.321. The highest BCUT2D eigenvalue weighted by Gasteiger charge is 2.12.